The van der Waals surface area contributed by atoms with Gasteiger partial charge < -0.3 is 20.3 Å². The molecule has 142 valence electrons. The molecule has 0 spiro atoms. The summed E-state index contributed by atoms with van der Waals surface area (Å²) in [6.07, 6.45) is 1.47. The van der Waals surface area contributed by atoms with E-state index >= 15 is 0 Å². The molecule has 5 nitrogen and oxygen atoms in total. The van der Waals surface area contributed by atoms with E-state index in [1.807, 2.05) is 43.3 Å². The molecule has 0 aromatic heterocycles. The number of amides is 1. The molecule has 1 amide bonds. The molecular weight excluding hydrogens is 358 g/mol. The lowest BCUT2D eigenvalue weighted by molar-refractivity contribution is 0.0964. The summed E-state index contributed by atoms with van der Waals surface area (Å²) in [5.74, 6) is 0. The van der Waals surface area contributed by atoms with Crippen molar-refractivity contribution in [2.24, 2.45) is 0 Å². The molecule has 27 heavy (non-hydrogen) atoms. The van der Waals surface area contributed by atoms with E-state index in [9.17, 15) is 4.79 Å². The van der Waals surface area contributed by atoms with E-state index in [1.165, 1.54) is 0 Å². The molecule has 1 heterocycles. The molecule has 2 aromatic carbocycles. The van der Waals surface area contributed by atoms with Crippen molar-refractivity contribution in [1.29, 1.82) is 0 Å². The van der Waals surface area contributed by atoms with E-state index in [2.05, 4.69) is 28.8 Å². The zero-order valence-corrected chi connectivity index (χ0v) is 16.3. The minimum absolute atomic E-state index is 0.228. The minimum Gasteiger partial charge on any atom is -0.450 e. The second-order valence-corrected chi connectivity index (χ2v) is 6.88. The van der Waals surface area contributed by atoms with Gasteiger partial charge in [-0.25, -0.2) is 4.79 Å². The summed E-state index contributed by atoms with van der Waals surface area (Å²) >= 11 is 5.52. The topological polar surface area (TPSA) is 53.6 Å². The smallest absolute Gasteiger partial charge is 0.409 e. The molecule has 0 saturated carbocycles. The van der Waals surface area contributed by atoms with Gasteiger partial charge in [-0.05, 0) is 43.6 Å². The number of carbonyl (C=O) groups is 1. The molecule has 0 atom stereocenters. The third-order valence-corrected chi connectivity index (χ3v) is 4.84. The van der Waals surface area contributed by atoms with Crippen LogP contribution in [0.4, 0.5) is 10.5 Å². The molecule has 0 bridgehead atoms. The predicted molar refractivity (Wildman–Crippen MR) is 113 cm³/mol. The van der Waals surface area contributed by atoms with Crippen LogP contribution in [0.5, 0.6) is 0 Å². The van der Waals surface area contributed by atoms with Crippen LogP contribution in [0, 0.1) is 0 Å². The van der Waals surface area contributed by atoms with E-state index in [-0.39, 0.29) is 12.1 Å². The molecule has 0 radical (unpaired) electrons. The Bertz CT molecular complexity index is 774. The van der Waals surface area contributed by atoms with Gasteiger partial charge in [-0.3, -0.25) is 0 Å². The van der Waals surface area contributed by atoms with Crippen LogP contribution in [0.25, 0.3) is 11.1 Å². The number of para-hydroxylation sites is 1. The highest BCUT2D eigenvalue weighted by molar-refractivity contribution is 7.80. The summed E-state index contributed by atoms with van der Waals surface area (Å²) in [5.41, 5.74) is 3.23. The molecular formula is C21H25N3O2S. The number of nitrogens with one attached hydrogen (secondary N) is 2. The van der Waals surface area contributed by atoms with Crippen LogP contribution in [-0.4, -0.2) is 41.8 Å². The molecule has 3 rings (SSSR count). The van der Waals surface area contributed by atoms with E-state index in [1.54, 1.807) is 4.90 Å². The summed E-state index contributed by atoms with van der Waals surface area (Å²) in [6.45, 7) is 3.59. The molecule has 2 N–H and O–H groups in total. The van der Waals surface area contributed by atoms with Gasteiger partial charge in [-0.1, -0.05) is 48.5 Å². The van der Waals surface area contributed by atoms with Crippen molar-refractivity contribution in [1.82, 2.24) is 10.2 Å². The number of anilines is 1. The van der Waals surface area contributed by atoms with Gasteiger partial charge in [0.25, 0.3) is 0 Å². The van der Waals surface area contributed by atoms with Crippen LogP contribution in [-0.2, 0) is 4.74 Å². The monoisotopic (exact) mass is 383 g/mol. The number of hydrogen-bond acceptors (Lipinski definition) is 3. The number of thiocarbonyl (C=S) groups is 1. The first-order chi connectivity index (χ1) is 13.2. The summed E-state index contributed by atoms with van der Waals surface area (Å²) in [4.78, 5) is 13.5. The highest BCUT2D eigenvalue weighted by Gasteiger charge is 2.24. The van der Waals surface area contributed by atoms with Gasteiger partial charge in [0.15, 0.2) is 5.11 Å². The van der Waals surface area contributed by atoms with Crippen LogP contribution >= 0.6 is 12.2 Å². The lowest BCUT2D eigenvalue weighted by Gasteiger charge is -2.32. The summed E-state index contributed by atoms with van der Waals surface area (Å²) in [6, 6.07) is 18.6. The number of likely N-dealkylation sites (tertiary alicyclic amines) is 1. The third-order valence-electron chi connectivity index (χ3n) is 4.62. The fourth-order valence-corrected chi connectivity index (χ4v) is 3.50. The maximum atomic E-state index is 11.8. The maximum absolute atomic E-state index is 11.8. The van der Waals surface area contributed by atoms with Crippen molar-refractivity contribution in [3.8, 4) is 11.1 Å². The van der Waals surface area contributed by atoms with Crippen molar-refractivity contribution in [2.75, 3.05) is 25.0 Å². The van der Waals surface area contributed by atoms with Crippen LogP contribution < -0.4 is 10.6 Å². The van der Waals surface area contributed by atoms with E-state index in [0.717, 1.165) is 29.7 Å². The van der Waals surface area contributed by atoms with Gasteiger partial charge in [0.2, 0.25) is 0 Å². The number of rotatable bonds is 4. The molecule has 0 unspecified atom stereocenters. The number of ether oxygens (including phenoxy) is 1. The Morgan fingerprint density at radius 1 is 1.11 bits per heavy atom. The Balaban J connectivity index is 1.56. The fourth-order valence-electron chi connectivity index (χ4n) is 3.23. The zero-order chi connectivity index (χ0) is 19.1. The Hall–Kier alpha value is -2.60. The largest absolute Gasteiger partial charge is 0.450 e. The van der Waals surface area contributed by atoms with Gasteiger partial charge in [0.05, 0.1) is 6.61 Å². The first kappa shape index (κ1) is 19.2. The summed E-state index contributed by atoms with van der Waals surface area (Å²) < 4.78 is 5.06. The van der Waals surface area contributed by atoms with Crippen LogP contribution in [0.3, 0.4) is 0 Å². The van der Waals surface area contributed by atoms with Crippen molar-refractivity contribution in [3.63, 3.8) is 0 Å². The van der Waals surface area contributed by atoms with Gasteiger partial charge in [-0.2, -0.15) is 0 Å². The number of piperidine rings is 1. The first-order valence-electron chi connectivity index (χ1n) is 9.31. The van der Waals surface area contributed by atoms with Crippen LogP contribution in [0.15, 0.2) is 54.6 Å². The molecule has 1 aliphatic rings. The van der Waals surface area contributed by atoms with Gasteiger partial charge in [-0.15, -0.1) is 0 Å². The van der Waals surface area contributed by atoms with Crippen molar-refractivity contribution in [3.05, 3.63) is 54.6 Å². The van der Waals surface area contributed by atoms with Gasteiger partial charge in [0, 0.05) is 30.4 Å². The molecule has 6 heteroatoms. The minimum atomic E-state index is -0.228. The summed E-state index contributed by atoms with van der Waals surface area (Å²) in [5, 5.41) is 7.31. The molecule has 1 saturated heterocycles. The number of hydrogen-bond donors (Lipinski definition) is 2. The van der Waals surface area contributed by atoms with Crippen LogP contribution in [0.1, 0.15) is 19.8 Å². The lowest BCUT2D eigenvalue weighted by Crippen LogP contribution is -2.47. The van der Waals surface area contributed by atoms with E-state index in [4.69, 9.17) is 17.0 Å². The zero-order valence-electron chi connectivity index (χ0n) is 15.5. The third kappa shape index (κ3) is 5.20. The molecule has 1 fully saturated rings. The standard InChI is InChI=1S/C21H25N3O2S/c1-2-26-21(25)24-14-12-17(13-15-24)22-20(27)23-19-11-7-6-10-18(19)16-8-4-3-5-9-16/h3-11,17H,2,12-15H2,1H3,(H2,22,23,27). The SMILES string of the molecule is CCOC(=O)N1CCC(NC(=S)Nc2ccccc2-c2ccccc2)CC1. The Morgan fingerprint density at radius 3 is 2.48 bits per heavy atom. The average Bonchev–Trinajstić information content (AvgIpc) is 2.70. The van der Waals surface area contributed by atoms with Crippen molar-refractivity contribution >= 4 is 29.1 Å². The molecule has 1 aliphatic heterocycles. The maximum Gasteiger partial charge on any atom is 0.409 e. The Kier molecular flexibility index (Phi) is 6.65. The first-order valence-corrected chi connectivity index (χ1v) is 9.72. The predicted octanol–water partition coefficient (Wildman–Crippen LogP) is 4.26. The number of carbonyl (C=O) groups excluding carboxylic acids is 1. The van der Waals surface area contributed by atoms with Gasteiger partial charge in [0.1, 0.15) is 0 Å². The van der Waals surface area contributed by atoms with E-state index < -0.39 is 0 Å². The van der Waals surface area contributed by atoms with E-state index in [0.29, 0.717) is 24.8 Å². The highest BCUT2D eigenvalue weighted by atomic mass is 32.1. The highest BCUT2D eigenvalue weighted by Crippen LogP contribution is 2.27. The normalized spacial score (nSPS) is 14.5. The quantitative estimate of drug-likeness (QED) is 0.773. The molecule has 0 aliphatic carbocycles. The Labute approximate surface area is 165 Å². The second kappa shape index (κ2) is 9.37. The number of benzene rings is 2. The average molecular weight is 384 g/mol. The number of nitrogens with zero attached hydrogens (tertiary/aromatic N) is 1. The lowest BCUT2D eigenvalue weighted by atomic mass is 10.0. The molecule has 2 aromatic rings. The van der Waals surface area contributed by atoms with Crippen molar-refractivity contribution < 1.29 is 9.53 Å². The fraction of sp³-hybridized carbons (Fsp3) is 0.333. The second-order valence-electron chi connectivity index (χ2n) is 6.47. The van der Waals surface area contributed by atoms with Crippen LogP contribution in [0.2, 0.25) is 0 Å². The Morgan fingerprint density at radius 2 is 1.78 bits per heavy atom. The van der Waals surface area contributed by atoms with Crippen molar-refractivity contribution in [2.45, 2.75) is 25.8 Å². The summed E-state index contributed by atoms with van der Waals surface area (Å²) in [7, 11) is 0. The van der Waals surface area contributed by atoms with Gasteiger partial charge >= 0.3 is 6.09 Å².